The lowest BCUT2D eigenvalue weighted by molar-refractivity contribution is 0.0245. The molecule has 6 nitrogen and oxygen atoms in total. The number of aryl methyl sites for hydroxylation is 1. The molecular weight excluding hydrogens is 352 g/mol. The molecule has 26 heavy (non-hydrogen) atoms. The van der Waals surface area contributed by atoms with Crippen LogP contribution in [0.4, 0.5) is 4.79 Å². The molecule has 0 spiro atoms. The minimum absolute atomic E-state index is 0.247. The number of ether oxygens (including phenoxy) is 1. The van der Waals surface area contributed by atoms with E-state index in [4.69, 9.17) is 16.3 Å². The van der Waals surface area contributed by atoms with E-state index in [-0.39, 0.29) is 6.04 Å². The Morgan fingerprint density at radius 1 is 1.42 bits per heavy atom. The number of carbonyl (C=O) groups is 1. The molecule has 0 aliphatic rings. The summed E-state index contributed by atoms with van der Waals surface area (Å²) in [5.74, 6) is 0. The van der Waals surface area contributed by atoms with Crippen molar-refractivity contribution in [3.05, 3.63) is 35.9 Å². The first kappa shape index (κ1) is 22.0. The Kier molecular flexibility index (Phi) is 7.63. The Labute approximate surface area is 160 Å². The number of carbonyl (C=O) groups excluding carboxylic acids is 1. The number of nitrogens with zero attached hydrogens (tertiary/aromatic N) is 4. The summed E-state index contributed by atoms with van der Waals surface area (Å²) in [6.07, 6.45) is 4.70. The van der Waals surface area contributed by atoms with Gasteiger partial charge in [-0.3, -0.25) is 0 Å². The number of aromatic nitrogens is 3. The van der Waals surface area contributed by atoms with Gasteiger partial charge in [-0.2, -0.15) is 0 Å². The van der Waals surface area contributed by atoms with Crippen LogP contribution >= 0.6 is 11.6 Å². The molecule has 2 rings (SSSR count). The smallest absolute Gasteiger partial charge is 0.410 e. The molecule has 2 heterocycles. The predicted molar refractivity (Wildman–Crippen MR) is 107 cm³/mol. The third-order valence-electron chi connectivity index (χ3n) is 3.63. The number of amides is 1. The van der Waals surface area contributed by atoms with Crippen molar-refractivity contribution < 1.29 is 9.53 Å². The first-order chi connectivity index (χ1) is 12.1. The van der Waals surface area contributed by atoms with Crippen LogP contribution in [0.3, 0.4) is 0 Å². The van der Waals surface area contributed by atoms with Gasteiger partial charge < -0.3 is 14.2 Å². The highest BCUT2D eigenvalue weighted by Crippen LogP contribution is 2.25. The summed E-state index contributed by atoms with van der Waals surface area (Å²) in [4.78, 5) is 22.1. The molecule has 2 aromatic rings. The monoisotopic (exact) mass is 380 g/mol. The maximum atomic E-state index is 12.3. The van der Waals surface area contributed by atoms with Crippen LogP contribution in [-0.2, 0) is 11.3 Å². The molecule has 0 fully saturated rings. The van der Waals surface area contributed by atoms with Gasteiger partial charge in [-0.15, -0.1) is 6.58 Å². The lowest BCUT2D eigenvalue weighted by atomic mass is 10.2. The average Bonchev–Trinajstić information content (AvgIpc) is 2.89. The zero-order valence-electron chi connectivity index (χ0n) is 16.7. The lowest BCUT2D eigenvalue weighted by Gasteiger charge is -2.29. The van der Waals surface area contributed by atoms with Crippen molar-refractivity contribution in [1.82, 2.24) is 19.4 Å². The Morgan fingerprint density at radius 3 is 2.58 bits per heavy atom. The van der Waals surface area contributed by atoms with Crippen molar-refractivity contribution in [2.75, 3.05) is 7.05 Å². The Balaban J connectivity index is 0.00000163. The standard InChI is InChI=1S/C17H23ClN4O2.C2H6/c1-7-12(21(6)16(23)24-17(3,4)5)9-22-8-11(2)13-14(18)19-10-20-15(13)22;1-2/h7-8,10,12H,1,9H2,2-6H3;1-2H3. The van der Waals surface area contributed by atoms with Crippen molar-refractivity contribution in [3.8, 4) is 0 Å². The molecule has 1 amide bonds. The molecule has 0 N–H and O–H groups in total. The highest BCUT2D eigenvalue weighted by molar-refractivity contribution is 6.34. The number of halogens is 1. The minimum atomic E-state index is -0.547. The van der Waals surface area contributed by atoms with E-state index in [0.29, 0.717) is 11.7 Å². The SMILES string of the molecule is C=CC(Cn1cc(C)c2c(Cl)ncnc21)N(C)C(=O)OC(C)(C)C.CC. The summed E-state index contributed by atoms with van der Waals surface area (Å²) < 4.78 is 7.36. The fourth-order valence-electron chi connectivity index (χ4n) is 2.44. The zero-order valence-corrected chi connectivity index (χ0v) is 17.5. The van der Waals surface area contributed by atoms with Gasteiger partial charge in [0.05, 0.1) is 11.4 Å². The molecular formula is C19H29ClN4O2. The largest absolute Gasteiger partial charge is 0.444 e. The van der Waals surface area contributed by atoms with E-state index in [1.807, 2.05) is 52.3 Å². The second kappa shape index (κ2) is 9.03. The van der Waals surface area contributed by atoms with Crippen LogP contribution in [0, 0.1) is 6.92 Å². The van der Waals surface area contributed by atoms with Crippen molar-refractivity contribution in [2.24, 2.45) is 0 Å². The number of likely N-dealkylation sites (N-methyl/N-ethyl adjacent to an activating group) is 1. The fourth-order valence-corrected chi connectivity index (χ4v) is 2.71. The number of hydrogen-bond donors (Lipinski definition) is 0. The second-order valence-electron chi connectivity index (χ2n) is 6.72. The molecule has 0 aromatic carbocycles. The third kappa shape index (κ3) is 5.21. The first-order valence-corrected chi connectivity index (χ1v) is 9.06. The van der Waals surface area contributed by atoms with Crippen LogP contribution in [0.2, 0.25) is 5.15 Å². The quantitative estimate of drug-likeness (QED) is 0.562. The van der Waals surface area contributed by atoms with Gasteiger partial charge in [-0.1, -0.05) is 31.5 Å². The van der Waals surface area contributed by atoms with Crippen molar-refractivity contribution >= 4 is 28.7 Å². The summed E-state index contributed by atoms with van der Waals surface area (Å²) in [5.41, 5.74) is 1.17. The maximum absolute atomic E-state index is 12.3. The number of fused-ring (bicyclic) bond motifs is 1. The molecule has 0 saturated carbocycles. The van der Waals surface area contributed by atoms with Crippen LogP contribution in [0.15, 0.2) is 25.2 Å². The van der Waals surface area contributed by atoms with Crippen molar-refractivity contribution in [2.45, 2.75) is 59.7 Å². The van der Waals surface area contributed by atoms with E-state index in [1.165, 1.54) is 11.2 Å². The van der Waals surface area contributed by atoms with Crippen molar-refractivity contribution in [3.63, 3.8) is 0 Å². The fraction of sp³-hybridized carbons (Fsp3) is 0.526. The maximum Gasteiger partial charge on any atom is 0.410 e. The summed E-state index contributed by atoms with van der Waals surface area (Å²) in [7, 11) is 1.70. The molecule has 144 valence electrons. The summed E-state index contributed by atoms with van der Waals surface area (Å²) in [5, 5.41) is 1.24. The summed E-state index contributed by atoms with van der Waals surface area (Å²) in [6.45, 7) is 15.8. The van der Waals surface area contributed by atoms with Gasteiger partial charge in [0.25, 0.3) is 0 Å². The van der Waals surface area contributed by atoms with Gasteiger partial charge in [0.15, 0.2) is 0 Å². The van der Waals surface area contributed by atoms with Crippen molar-refractivity contribution in [1.29, 1.82) is 0 Å². The topological polar surface area (TPSA) is 60.2 Å². The molecule has 0 saturated heterocycles. The normalized spacial score (nSPS) is 12.2. The van der Waals surface area contributed by atoms with Gasteiger partial charge in [0.1, 0.15) is 22.7 Å². The average molecular weight is 381 g/mol. The highest BCUT2D eigenvalue weighted by Gasteiger charge is 2.24. The van der Waals surface area contributed by atoms with E-state index in [0.717, 1.165) is 16.6 Å². The van der Waals surface area contributed by atoms with E-state index in [2.05, 4.69) is 16.5 Å². The van der Waals surface area contributed by atoms with Gasteiger partial charge in [0.2, 0.25) is 0 Å². The molecule has 0 aliphatic carbocycles. The zero-order chi connectivity index (χ0) is 20.1. The Hall–Kier alpha value is -2.08. The first-order valence-electron chi connectivity index (χ1n) is 8.68. The highest BCUT2D eigenvalue weighted by atomic mass is 35.5. The third-order valence-corrected chi connectivity index (χ3v) is 3.92. The second-order valence-corrected chi connectivity index (χ2v) is 7.08. The Morgan fingerprint density at radius 2 is 2.04 bits per heavy atom. The molecule has 0 radical (unpaired) electrons. The van der Waals surface area contributed by atoms with E-state index in [1.54, 1.807) is 13.1 Å². The van der Waals surface area contributed by atoms with Gasteiger partial charge >= 0.3 is 6.09 Å². The molecule has 0 bridgehead atoms. The van der Waals surface area contributed by atoms with E-state index < -0.39 is 11.7 Å². The van der Waals surface area contributed by atoms with Crippen LogP contribution in [-0.4, -0.2) is 44.2 Å². The lowest BCUT2D eigenvalue weighted by Crippen LogP contribution is -2.41. The Bertz CT molecular complexity index is 765. The van der Waals surface area contributed by atoms with Crippen LogP contribution < -0.4 is 0 Å². The summed E-state index contributed by atoms with van der Waals surface area (Å²) in [6, 6.07) is -0.247. The molecule has 0 aliphatic heterocycles. The minimum Gasteiger partial charge on any atom is -0.444 e. The van der Waals surface area contributed by atoms with Crippen LogP contribution in [0.25, 0.3) is 11.0 Å². The number of rotatable bonds is 4. The van der Waals surface area contributed by atoms with E-state index >= 15 is 0 Å². The molecule has 1 unspecified atom stereocenters. The summed E-state index contributed by atoms with van der Waals surface area (Å²) >= 11 is 6.16. The van der Waals surface area contributed by atoms with Gasteiger partial charge in [-0.25, -0.2) is 14.8 Å². The van der Waals surface area contributed by atoms with Crippen LogP contribution in [0.1, 0.15) is 40.2 Å². The molecule has 2 aromatic heterocycles. The predicted octanol–water partition coefficient (Wildman–Crippen LogP) is 4.84. The number of hydrogen-bond acceptors (Lipinski definition) is 4. The molecule has 1 atom stereocenters. The molecule has 7 heteroatoms. The van der Waals surface area contributed by atoms with E-state index in [9.17, 15) is 4.79 Å². The van der Waals surface area contributed by atoms with Gasteiger partial charge in [0, 0.05) is 19.8 Å². The van der Waals surface area contributed by atoms with Crippen LogP contribution in [0.5, 0.6) is 0 Å². The van der Waals surface area contributed by atoms with Gasteiger partial charge in [-0.05, 0) is 33.3 Å².